The molecule has 0 aliphatic heterocycles. The zero-order valence-electron chi connectivity index (χ0n) is 14.4. The van der Waals surface area contributed by atoms with E-state index in [1.165, 1.54) is 28.9 Å². The SMILES string of the molecule is CCOC(=O)Cc1csc(NN=Cc2cc3c(cc2OC)CCC3)n1. The van der Waals surface area contributed by atoms with Gasteiger partial charge in [0.1, 0.15) is 5.75 Å². The molecule has 1 aliphatic rings. The van der Waals surface area contributed by atoms with Crippen LogP contribution in [0.2, 0.25) is 0 Å². The summed E-state index contributed by atoms with van der Waals surface area (Å²) in [5, 5.41) is 6.71. The first-order valence-electron chi connectivity index (χ1n) is 8.28. The average molecular weight is 359 g/mol. The number of benzene rings is 1. The Morgan fingerprint density at radius 2 is 2.20 bits per heavy atom. The number of hydrogen-bond acceptors (Lipinski definition) is 7. The highest BCUT2D eigenvalue weighted by Crippen LogP contribution is 2.29. The number of methoxy groups -OCH3 is 1. The fourth-order valence-electron chi connectivity index (χ4n) is 2.85. The van der Waals surface area contributed by atoms with Crippen LogP contribution in [0.15, 0.2) is 22.6 Å². The molecular weight excluding hydrogens is 338 g/mol. The van der Waals surface area contributed by atoms with E-state index in [-0.39, 0.29) is 12.4 Å². The number of carbonyl (C=O) groups excluding carboxylic acids is 1. The normalized spacial score (nSPS) is 13.0. The number of aryl methyl sites for hydroxylation is 2. The minimum absolute atomic E-state index is 0.175. The fraction of sp³-hybridized carbons (Fsp3) is 0.389. The third kappa shape index (κ3) is 4.36. The number of hydrogen-bond donors (Lipinski definition) is 1. The second-order valence-corrected chi connectivity index (χ2v) is 6.57. The Labute approximate surface area is 150 Å². The van der Waals surface area contributed by atoms with Crippen LogP contribution in [0.3, 0.4) is 0 Å². The van der Waals surface area contributed by atoms with Gasteiger partial charge in [0.05, 0.1) is 32.0 Å². The van der Waals surface area contributed by atoms with Crippen molar-refractivity contribution in [2.75, 3.05) is 19.1 Å². The van der Waals surface area contributed by atoms with Gasteiger partial charge in [0.2, 0.25) is 5.13 Å². The number of thiazole rings is 1. The largest absolute Gasteiger partial charge is 0.496 e. The lowest BCUT2D eigenvalue weighted by Crippen LogP contribution is -2.07. The molecular formula is C18H21N3O3S. The molecule has 1 heterocycles. The van der Waals surface area contributed by atoms with E-state index in [1.807, 2.05) is 5.38 Å². The van der Waals surface area contributed by atoms with Gasteiger partial charge in [-0.05, 0) is 49.4 Å². The van der Waals surface area contributed by atoms with Crippen molar-refractivity contribution in [2.24, 2.45) is 5.10 Å². The molecule has 1 aromatic carbocycles. The second-order valence-electron chi connectivity index (χ2n) is 5.71. The van der Waals surface area contributed by atoms with E-state index in [0.717, 1.165) is 24.2 Å². The molecule has 0 fully saturated rings. The van der Waals surface area contributed by atoms with Crippen molar-refractivity contribution < 1.29 is 14.3 Å². The van der Waals surface area contributed by atoms with Crippen molar-refractivity contribution in [3.05, 3.63) is 39.9 Å². The first-order chi connectivity index (χ1) is 12.2. The number of anilines is 1. The molecule has 0 unspecified atom stereocenters. The summed E-state index contributed by atoms with van der Waals surface area (Å²) in [5.74, 6) is 0.555. The number of ether oxygens (including phenoxy) is 2. The van der Waals surface area contributed by atoms with Crippen LogP contribution in [0, 0.1) is 0 Å². The van der Waals surface area contributed by atoms with Crippen LogP contribution in [-0.4, -0.2) is 30.9 Å². The number of hydrazone groups is 1. The minimum Gasteiger partial charge on any atom is -0.496 e. The maximum Gasteiger partial charge on any atom is 0.311 e. The average Bonchev–Trinajstić information content (AvgIpc) is 3.23. The summed E-state index contributed by atoms with van der Waals surface area (Å²) >= 11 is 1.40. The molecule has 3 rings (SSSR count). The van der Waals surface area contributed by atoms with E-state index in [0.29, 0.717) is 17.4 Å². The monoisotopic (exact) mass is 359 g/mol. The third-order valence-corrected chi connectivity index (χ3v) is 4.79. The quantitative estimate of drug-likeness (QED) is 0.467. The first-order valence-corrected chi connectivity index (χ1v) is 9.16. The number of fused-ring (bicyclic) bond motifs is 1. The van der Waals surface area contributed by atoms with Gasteiger partial charge in [-0.25, -0.2) is 4.98 Å². The molecule has 0 bridgehead atoms. The zero-order valence-corrected chi connectivity index (χ0v) is 15.2. The van der Waals surface area contributed by atoms with Gasteiger partial charge in [0.25, 0.3) is 0 Å². The van der Waals surface area contributed by atoms with E-state index in [1.54, 1.807) is 20.2 Å². The highest BCUT2D eigenvalue weighted by atomic mass is 32.1. The van der Waals surface area contributed by atoms with E-state index < -0.39 is 0 Å². The number of nitrogens with one attached hydrogen (secondary N) is 1. The highest BCUT2D eigenvalue weighted by molar-refractivity contribution is 7.13. The molecule has 0 radical (unpaired) electrons. The second kappa shape index (κ2) is 8.11. The molecule has 2 aromatic rings. The summed E-state index contributed by atoms with van der Waals surface area (Å²) in [4.78, 5) is 15.8. The number of carbonyl (C=O) groups is 1. The maximum atomic E-state index is 11.5. The van der Waals surface area contributed by atoms with E-state index >= 15 is 0 Å². The van der Waals surface area contributed by atoms with Crippen LogP contribution in [0.1, 0.15) is 35.7 Å². The van der Waals surface area contributed by atoms with Crippen LogP contribution in [0.25, 0.3) is 0 Å². The van der Waals surface area contributed by atoms with Gasteiger partial charge in [0, 0.05) is 10.9 Å². The van der Waals surface area contributed by atoms with Crippen molar-refractivity contribution in [2.45, 2.75) is 32.6 Å². The summed E-state index contributed by atoms with van der Waals surface area (Å²) in [5.41, 5.74) is 7.26. The van der Waals surface area contributed by atoms with Gasteiger partial charge in [-0.1, -0.05) is 0 Å². The Hall–Kier alpha value is -2.41. The predicted octanol–water partition coefficient (Wildman–Crippen LogP) is 3.19. The third-order valence-electron chi connectivity index (χ3n) is 3.99. The molecule has 132 valence electrons. The van der Waals surface area contributed by atoms with Crippen LogP contribution < -0.4 is 10.2 Å². The van der Waals surface area contributed by atoms with E-state index in [9.17, 15) is 4.79 Å². The molecule has 25 heavy (non-hydrogen) atoms. The lowest BCUT2D eigenvalue weighted by Gasteiger charge is -2.08. The summed E-state index contributed by atoms with van der Waals surface area (Å²) in [6.45, 7) is 2.16. The topological polar surface area (TPSA) is 72.8 Å². The number of nitrogens with zero attached hydrogens (tertiary/aromatic N) is 2. The molecule has 0 atom stereocenters. The van der Waals surface area contributed by atoms with Gasteiger partial charge in [-0.2, -0.15) is 5.10 Å². The Morgan fingerprint density at radius 3 is 2.96 bits per heavy atom. The van der Waals surface area contributed by atoms with E-state index in [2.05, 4.69) is 27.6 Å². The summed E-state index contributed by atoms with van der Waals surface area (Å²) < 4.78 is 10.4. The van der Waals surface area contributed by atoms with Gasteiger partial charge >= 0.3 is 5.97 Å². The van der Waals surface area contributed by atoms with E-state index in [4.69, 9.17) is 9.47 Å². The number of aromatic nitrogens is 1. The molecule has 1 aromatic heterocycles. The summed E-state index contributed by atoms with van der Waals surface area (Å²) in [6, 6.07) is 4.24. The van der Waals surface area contributed by atoms with Gasteiger partial charge in [-0.3, -0.25) is 10.2 Å². The Kier molecular flexibility index (Phi) is 5.65. The van der Waals surface area contributed by atoms with Crippen molar-refractivity contribution in [1.29, 1.82) is 0 Å². The summed E-state index contributed by atoms with van der Waals surface area (Å²) in [6.07, 6.45) is 5.33. The lowest BCUT2D eigenvalue weighted by molar-refractivity contribution is -0.142. The molecule has 1 N–H and O–H groups in total. The summed E-state index contributed by atoms with van der Waals surface area (Å²) in [7, 11) is 1.67. The number of rotatable bonds is 7. The predicted molar refractivity (Wildman–Crippen MR) is 98.7 cm³/mol. The standard InChI is InChI=1S/C18H21N3O3S/c1-3-24-17(22)9-15-11-25-18(20-15)21-19-10-14-7-12-5-4-6-13(12)8-16(14)23-2/h7-8,10-11H,3-6,9H2,1-2H3,(H,20,21). The van der Waals surface area contributed by atoms with Crippen LogP contribution in [0.4, 0.5) is 5.13 Å². The van der Waals surface area contributed by atoms with Gasteiger partial charge in [-0.15, -0.1) is 11.3 Å². The van der Waals surface area contributed by atoms with Crippen molar-refractivity contribution in [1.82, 2.24) is 4.98 Å². The zero-order chi connectivity index (χ0) is 17.6. The van der Waals surface area contributed by atoms with Crippen molar-refractivity contribution in [3.63, 3.8) is 0 Å². The lowest BCUT2D eigenvalue weighted by atomic mass is 10.1. The fourth-order valence-corrected chi connectivity index (χ4v) is 3.51. The Balaban J connectivity index is 1.64. The molecule has 0 spiro atoms. The molecule has 6 nitrogen and oxygen atoms in total. The van der Waals surface area contributed by atoms with Crippen LogP contribution in [-0.2, 0) is 28.8 Å². The number of esters is 1. The molecule has 0 saturated heterocycles. The van der Waals surface area contributed by atoms with Crippen molar-refractivity contribution >= 4 is 28.7 Å². The van der Waals surface area contributed by atoms with Crippen LogP contribution in [0.5, 0.6) is 5.75 Å². The van der Waals surface area contributed by atoms with Crippen molar-refractivity contribution in [3.8, 4) is 5.75 Å². The Bertz CT molecular complexity index is 786. The molecule has 7 heteroatoms. The molecule has 1 aliphatic carbocycles. The first kappa shape index (κ1) is 17.4. The molecule has 0 saturated carbocycles. The Morgan fingerprint density at radius 1 is 1.40 bits per heavy atom. The maximum absolute atomic E-state index is 11.5. The smallest absolute Gasteiger partial charge is 0.311 e. The molecule has 0 amide bonds. The van der Waals surface area contributed by atoms with Crippen LogP contribution >= 0.6 is 11.3 Å². The van der Waals surface area contributed by atoms with Gasteiger partial charge < -0.3 is 9.47 Å². The minimum atomic E-state index is -0.272. The highest BCUT2D eigenvalue weighted by Gasteiger charge is 2.14. The van der Waals surface area contributed by atoms with Gasteiger partial charge in [0.15, 0.2) is 0 Å².